The van der Waals surface area contributed by atoms with E-state index >= 15 is 0 Å². The first-order valence-electron chi connectivity index (χ1n) is 4.98. The summed E-state index contributed by atoms with van der Waals surface area (Å²) in [5, 5.41) is 7.58. The summed E-state index contributed by atoms with van der Waals surface area (Å²) in [6.45, 7) is 4.22. The highest BCUT2D eigenvalue weighted by molar-refractivity contribution is 5.82. The molecule has 0 radical (unpaired) electrons. The molecule has 70 valence electrons. The summed E-state index contributed by atoms with van der Waals surface area (Å²) in [5.41, 5.74) is 0.879. The van der Waals surface area contributed by atoms with Gasteiger partial charge in [-0.3, -0.25) is 0 Å². The van der Waals surface area contributed by atoms with Gasteiger partial charge in [-0.2, -0.15) is 0 Å². The van der Waals surface area contributed by atoms with Crippen LogP contribution in [0.25, 0.3) is 0 Å². The van der Waals surface area contributed by atoms with Gasteiger partial charge in [-0.25, -0.2) is 0 Å². The van der Waals surface area contributed by atoms with E-state index in [1.165, 1.54) is 25.7 Å². The Morgan fingerprint density at radius 3 is 2.58 bits per heavy atom. The van der Waals surface area contributed by atoms with E-state index in [-0.39, 0.29) is 0 Å². The van der Waals surface area contributed by atoms with Crippen molar-refractivity contribution in [3.8, 4) is 0 Å². The van der Waals surface area contributed by atoms with E-state index in [1.54, 1.807) is 0 Å². The van der Waals surface area contributed by atoms with Crippen LogP contribution in [0.5, 0.6) is 0 Å². The Morgan fingerprint density at radius 2 is 2.00 bits per heavy atom. The smallest absolute Gasteiger partial charge is 0.0127 e. The highest BCUT2D eigenvalue weighted by Crippen LogP contribution is 2.04. The molecular weight excluding hydrogens is 146 g/mol. The van der Waals surface area contributed by atoms with Crippen LogP contribution in [0.4, 0.5) is 0 Å². The highest BCUT2D eigenvalue weighted by Gasteiger charge is 1.93. The lowest BCUT2D eigenvalue weighted by atomic mass is 10.1. The third-order valence-electron chi connectivity index (χ3n) is 1.93. The topological polar surface area (TPSA) is 23.9 Å². The van der Waals surface area contributed by atoms with Crippen LogP contribution in [0.15, 0.2) is 12.2 Å². The lowest BCUT2D eigenvalue weighted by Gasteiger charge is -1.99. The summed E-state index contributed by atoms with van der Waals surface area (Å²) in [5.74, 6) is 0. The minimum absolute atomic E-state index is 0.850. The van der Waals surface area contributed by atoms with Crippen LogP contribution < -0.4 is 0 Å². The van der Waals surface area contributed by atoms with Crippen molar-refractivity contribution in [2.45, 2.75) is 52.4 Å². The van der Waals surface area contributed by atoms with E-state index < -0.39 is 0 Å². The van der Waals surface area contributed by atoms with Gasteiger partial charge in [0.1, 0.15) is 0 Å². The molecule has 0 aromatic carbocycles. The van der Waals surface area contributed by atoms with Gasteiger partial charge in [0, 0.05) is 12.1 Å². The zero-order valence-electron chi connectivity index (χ0n) is 8.40. The average molecular weight is 167 g/mol. The number of allylic oxidation sites excluding steroid dienone is 2. The molecule has 0 heterocycles. The molecule has 1 N–H and O–H groups in total. The first-order chi connectivity index (χ1) is 5.81. The van der Waals surface area contributed by atoms with E-state index in [1.807, 2.05) is 13.0 Å². The Kier molecular flexibility index (Phi) is 8.09. The van der Waals surface area contributed by atoms with Gasteiger partial charge < -0.3 is 5.41 Å². The first kappa shape index (κ1) is 11.4. The number of rotatable bonds is 7. The minimum Gasteiger partial charge on any atom is -0.309 e. The van der Waals surface area contributed by atoms with Crippen LogP contribution in [0, 0.1) is 5.41 Å². The van der Waals surface area contributed by atoms with Crippen molar-refractivity contribution in [3.63, 3.8) is 0 Å². The van der Waals surface area contributed by atoms with Gasteiger partial charge >= 0.3 is 0 Å². The van der Waals surface area contributed by atoms with Crippen LogP contribution in [0.1, 0.15) is 52.4 Å². The van der Waals surface area contributed by atoms with Crippen molar-refractivity contribution in [2.75, 3.05) is 0 Å². The molecule has 0 rings (SSSR count). The zero-order valence-corrected chi connectivity index (χ0v) is 8.40. The maximum Gasteiger partial charge on any atom is 0.0127 e. The molecule has 0 aliphatic heterocycles. The quantitative estimate of drug-likeness (QED) is 0.337. The Labute approximate surface area is 76.4 Å². The maximum atomic E-state index is 7.58. The summed E-state index contributed by atoms with van der Waals surface area (Å²) >= 11 is 0. The third kappa shape index (κ3) is 7.52. The fraction of sp³-hybridized carbons (Fsp3) is 0.727. The van der Waals surface area contributed by atoms with Crippen LogP contribution in [-0.2, 0) is 0 Å². The lowest BCUT2D eigenvalue weighted by Crippen LogP contribution is -1.93. The van der Waals surface area contributed by atoms with Crippen molar-refractivity contribution >= 4 is 5.71 Å². The summed E-state index contributed by atoms with van der Waals surface area (Å²) in [6, 6.07) is 0. The van der Waals surface area contributed by atoms with Crippen LogP contribution in [-0.4, -0.2) is 5.71 Å². The second-order valence-electron chi connectivity index (χ2n) is 3.19. The molecule has 0 spiro atoms. The van der Waals surface area contributed by atoms with Gasteiger partial charge in [0.15, 0.2) is 0 Å². The molecule has 0 aliphatic carbocycles. The Balaban J connectivity index is 3.20. The van der Waals surface area contributed by atoms with Gasteiger partial charge in [-0.1, -0.05) is 38.3 Å². The minimum atomic E-state index is 0.850. The molecule has 0 saturated heterocycles. The second-order valence-corrected chi connectivity index (χ2v) is 3.19. The maximum absolute atomic E-state index is 7.58. The van der Waals surface area contributed by atoms with Gasteiger partial charge in [0.2, 0.25) is 0 Å². The SMILES string of the molecule is CC=CCC(=N)CCCCCC. The normalized spacial score (nSPS) is 10.8. The number of unbranched alkanes of at least 4 members (excludes halogenated alkanes) is 3. The monoisotopic (exact) mass is 167 g/mol. The summed E-state index contributed by atoms with van der Waals surface area (Å²) in [4.78, 5) is 0. The molecular formula is C11H21N. The number of nitrogens with one attached hydrogen (secondary N) is 1. The average Bonchev–Trinajstić information content (AvgIpc) is 2.09. The molecule has 0 aromatic heterocycles. The van der Waals surface area contributed by atoms with Crippen molar-refractivity contribution in [2.24, 2.45) is 0 Å². The van der Waals surface area contributed by atoms with Crippen molar-refractivity contribution in [1.82, 2.24) is 0 Å². The summed E-state index contributed by atoms with van der Waals surface area (Å²) in [7, 11) is 0. The summed E-state index contributed by atoms with van der Waals surface area (Å²) < 4.78 is 0. The molecule has 1 nitrogen and oxygen atoms in total. The van der Waals surface area contributed by atoms with Gasteiger partial charge in [0.25, 0.3) is 0 Å². The molecule has 0 aliphatic rings. The number of hydrogen-bond donors (Lipinski definition) is 1. The highest BCUT2D eigenvalue weighted by atomic mass is 14.4. The van der Waals surface area contributed by atoms with E-state index in [0.717, 1.165) is 18.6 Å². The fourth-order valence-electron chi connectivity index (χ4n) is 1.13. The fourth-order valence-corrected chi connectivity index (χ4v) is 1.13. The van der Waals surface area contributed by atoms with Crippen LogP contribution in [0.3, 0.4) is 0 Å². The molecule has 1 heteroatoms. The van der Waals surface area contributed by atoms with Crippen LogP contribution in [0.2, 0.25) is 0 Å². The molecule has 0 atom stereocenters. The first-order valence-corrected chi connectivity index (χ1v) is 4.98. The van der Waals surface area contributed by atoms with Crippen molar-refractivity contribution in [1.29, 1.82) is 5.41 Å². The largest absolute Gasteiger partial charge is 0.309 e. The van der Waals surface area contributed by atoms with E-state index in [4.69, 9.17) is 5.41 Å². The van der Waals surface area contributed by atoms with Gasteiger partial charge in [-0.05, 0) is 19.8 Å². The predicted molar refractivity (Wildman–Crippen MR) is 55.9 cm³/mol. The predicted octanol–water partition coefficient (Wildman–Crippen LogP) is 3.94. The van der Waals surface area contributed by atoms with Gasteiger partial charge in [0.05, 0.1) is 0 Å². The number of hydrogen-bond acceptors (Lipinski definition) is 1. The lowest BCUT2D eigenvalue weighted by molar-refractivity contribution is 0.680. The molecule has 0 saturated carbocycles. The Hall–Kier alpha value is -0.590. The molecule has 0 amide bonds. The van der Waals surface area contributed by atoms with E-state index in [2.05, 4.69) is 13.0 Å². The second kappa shape index (κ2) is 8.51. The third-order valence-corrected chi connectivity index (χ3v) is 1.93. The Bertz CT molecular complexity index is 136. The Morgan fingerprint density at radius 1 is 1.25 bits per heavy atom. The molecule has 0 bridgehead atoms. The van der Waals surface area contributed by atoms with Crippen molar-refractivity contribution in [3.05, 3.63) is 12.2 Å². The van der Waals surface area contributed by atoms with Gasteiger partial charge in [-0.15, -0.1) is 0 Å². The molecule has 0 fully saturated rings. The molecule has 12 heavy (non-hydrogen) atoms. The standard InChI is InChI=1S/C11H21N/c1-3-5-7-8-10-11(12)9-6-4-2/h4,6,12H,3,5,7-10H2,1-2H3. The molecule has 0 aromatic rings. The molecule has 0 unspecified atom stereocenters. The van der Waals surface area contributed by atoms with E-state index in [9.17, 15) is 0 Å². The van der Waals surface area contributed by atoms with Crippen molar-refractivity contribution < 1.29 is 0 Å². The summed E-state index contributed by atoms with van der Waals surface area (Å²) in [6.07, 6.45) is 11.0. The zero-order chi connectivity index (χ0) is 9.23. The van der Waals surface area contributed by atoms with E-state index in [0.29, 0.717) is 0 Å². The van der Waals surface area contributed by atoms with Crippen LogP contribution >= 0.6 is 0 Å².